The lowest BCUT2D eigenvalue weighted by Gasteiger charge is -2.34. The van der Waals surface area contributed by atoms with E-state index in [1.54, 1.807) is 6.07 Å². The van der Waals surface area contributed by atoms with Crippen LogP contribution in [0, 0.1) is 17.7 Å². The smallest absolute Gasteiger partial charge is 0.341 e. The maximum absolute atomic E-state index is 13.4. The Kier molecular flexibility index (Phi) is 5.52. The second-order valence-corrected chi connectivity index (χ2v) is 6.00. The Bertz CT molecular complexity index is 546. The molecule has 1 amide bonds. The summed E-state index contributed by atoms with van der Waals surface area (Å²) >= 11 is 0. The molecule has 0 aliphatic heterocycles. The number of hydrogen-bond acceptors (Lipinski definition) is 3. The normalized spacial score (nSPS) is 24.6. The van der Waals surface area contributed by atoms with Gasteiger partial charge in [0.1, 0.15) is 5.82 Å². The van der Waals surface area contributed by atoms with Crippen LogP contribution in [0.15, 0.2) is 24.3 Å². The van der Waals surface area contributed by atoms with Crippen molar-refractivity contribution in [2.24, 2.45) is 11.8 Å². The molecule has 0 bridgehead atoms. The van der Waals surface area contributed by atoms with E-state index in [4.69, 9.17) is 4.74 Å². The van der Waals surface area contributed by atoms with Gasteiger partial charge in [-0.15, -0.1) is 0 Å². The average Bonchev–Trinajstić information content (AvgIpc) is 2.50. The van der Waals surface area contributed by atoms with E-state index in [0.29, 0.717) is 11.8 Å². The molecule has 2 rings (SSSR count). The topological polar surface area (TPSA) is 55.4 Å². The van der Waals surface area contributed by atoms with Crippen LogP contribution in [0.5, 0.6) is 0 Å². The second kappa shape index (κ2) is 7.38. The molecule has 5 heteroatoms. The van der Waals surface area contributed by atoms with Crippen molar-refractivity contribution < 1.29 is 18.7 Å². The van der Waals surface area contributed by atoms with Crippen LogP contribution in [0.1, 0.15) is 43.5 Å². The number of benzene rings is 1. The van der Waals surface area contributed by atoms with Gasteiger partial charge < -0.3 is 10.1 Å². The van der Waals surface area contributed by atoms with Gasteiger partial charge in [-0.25, -0.2) is 9.18 Å². The highest BCUT2D eigenvalue weighted by Crippen LogP contribution is 2.29. The molecular weight excluding hydrogens is 285 g/mol. The number of hydrogen-bond donors (Lipinski definition) is 1. The van der Waals surface area contributed by atoms with Crippen molar-refractivity contribution in [1.82, 2.24) is 5.32 Å². The summed E-state index contributed by atoms with van der Waals surface area (Å²) in [6.45, 7) is 3.92. The zero-order chi connectivity index (χ0) is 16.1. The minimum absolute atomic E-state index is 0.114. The lowest BCUT2D eigenvalue weighted by molar-refractivity contribution is -0.125. The zero-order valence-corrected chi connectivity index (χ0v) is 13.0. The molecule has 3 atom stereocenters. The second-order valence-electron chi connectivity index (χ2n) is 6.00. The van der Waals surface area contributed by atoms with Crippen LogP contribution in [-0.2, 0) is 9.53 Å². The van der Waals surface area contributed by atoms with Gasteiger partial charge in [0.15, 0.2) is 6.61 Å². The van der Waals surface area contributed by atoms with Crippen LogP contribution in [0.3, 0.4) is 0 Å². The number of esters is 1. The Morgan fingerprint density at radius 2 is 2.00 bits per heavy atom. The molecule has 1 fully saturated rings. The fourth-order valence-corrected chi connectivity index (χ4v) is 2.87. The molecule has 22 heavy (non-hydrogen) atoms. The highest BCUT2D eigenvalue weighted by atomic mass is 19.1. The van der Waals surface area contributed by atoms with Crippen LogP contribution in [0.4, 0.5) is 4.39 Å². The van der Waals surface area contributed by atoms with Crippen LogP contribution in [-0.4, -0.2) is 24.5 Å². The molecule has 1 aromatic carbocycles. The van der Waals surface area contributed by atoms with E-state index < -0.39 is 11.8 Å². The van der Waals surface area contributed by atoms with Crippen molar-refractivity contribution >= 4 is 11.9 Å². The minimum Gasteiger partial charge on any atom is -0.452 e. The fraction of sp³-hybridized carbons (Fsp3) is 0.529. The molecule has 0 heterocycles. The van der Waals surface area contributed by atoms with Crippen molar-refractivity contribution in [3.05, 3.63) is 35.6 Å². The molecule has 0 radical (unpaired) electrons. The third-order valence-electron chi connectivity index (χ3n) is 4.48. The molecule has 1 N–H and O–H groups in total. The number of carbonyl (C=O) groups excluding carboxylic acids is 2. The summed E-state index contributed by atoms with van der Waals surface area (Å²) in [6, 6.07) is 5.67. The zero-order valence-electron chi connectivity index (χ0n) is 13.0. The Hall–Kier alpha value is -1.91. The summed E-state index contributed by atoms with van der Waals surface area (Å²) in [5.74, 6) is -0.837. The molecule has 1 aliphatic rings. The van der Waals surface area contributed by atoms with E-state index in [0.717, 1.165) is 12.8 Å². The maximum atomic E-state index is 13.4. The summed E-state index contributed by atoms with van der Waals surface area (Å²) in [6.07, 6.45) is 3.21. The summed E-state index contributed by atoms with van der Waals surface area (Å²) in [5.41, 5.74) is -0.157. The third kappa shape index (κ3) is 4.06. The summed E-state index contributed by atoms with van der Waals surface area (Å²) in [5, 5.41) is 2.91. The number of nitrogens with one attached hydrogen (secondary N) is 1. The van der Waals surface area contributed by atoms with Crippen molar-refractivity contribution in [2.75, 3.05) is 6.61 Å². The standard InChI is InChI=1S/C17H22FNO3/c1-11-6-5-9-15(12(11)2)19-16(20)10-22-17(21)13-7-3-4-8-14(13)18/h3-4,7-8,11-12,15H,5-6,9-10H2,1-2H3,(H,19,20)/t11-,12+,15+/m1/s1. The molecule has 4 nitrogen and oxygen atoms in total. The first-order valence-electron chi connectivity index (χ1n) is 7.70. The first-order valence-corrected chi connectivity index (χ1v) is 7.70. The lowest BCUT2D eigenvalue weighted by atomic mass is 9.78. The summed E-state index contributed by atoms with van der Waals surface area (Å²) < 4.78 is 18.3. The van der Waals surface area contributed by atoms with Gasteiger partial charge in [-0.3, -0.25) is 4.79 Å². The van der Waals surface area contributed by atoms with E-state index in [-0.39, 0.29) is 24.1 Å². The summed E-state index contributed by atoms with van der Waals surface area (Å²) in [4.78, 5) is 23.6. The Morgan fingerprint density at radius 1 is 1.27 bits per heavy atom. The fourth-order valence-electron chi connectivity index (χ4n) is 2.87. The average molecular weight is 307 g/mol. The van der Waals surface area contributed by atoms with Gasteiger partial charge in [0.25, 0.3) is 5.91 Å². The van der Waals surface area contributed by atoms with Crippen LogP contribution in [0.25, 0.3) is 0 Å². The third-order valence-corrected chi connectivity index (χ3v) is 4.48. The number of rotatable bonds is 4. The van der Waals surface area contributed by atoms with E-state index in [1.165, 1.54) is 24.6 Å². The molecule has 1 aliphatic carbocycles. The van der Waals surface area contributed by atoms with Gasteiger partial charge in [0.2, 0.25) is 0 Å². The van der Waals surface area contributed by atoms with Gasteiger partial charge in [0, 0.05) is 6.04 Å². The highest BCUT2D eigenvalue weighted by molar-refractivity contribution is 5.91. The molecule has 0 unspecified atom stereocenters. The molecule has 0 aromatic heterocycles. The number of amides is 1. The maximum Gasteiger partial charge on any atom is 0.341 e. The monoisotopic (exact) mass is 307 g/mol. The Balaban J connectivity index is 1.83. The van der Waals surface area contributed by atoms with Crippen LogP contribution in [0.2, 0.25) is 0 Å². The van der Waals surface area contributed by atoms with Crippen molar-refractivity contribution in [3.8, 4) is 0 Å². The van der Waals surface area contributed by atoms with Crippen LogP contribution >= 0.6 is 0 Å². The van der Waals surface area contributed by atoms with Crippen LogP contribution < -0.4 is 5.32 Å². The van der Waals surface area contributed by atoms with Crippen molar-refractivity contribution in [2.45, 2.75) is 39.2 Å². The Morgan fingerprint density at radius 3 is 2.73 bits per heavy atom. The molecule has 1 aromatic rings. The number of carbonyl (C=O) groups is 2. The largest absolute Gasteiger partial charge is 0.452 e. The molecule has 0 saturated heterocycles. The Labute approximate surface area is 130 Å². The van der Waals surface area contributed by atoms with E-state index in [1.807, 2.05) is 0 Å². The first-order chi connectivity index (χ1) is 10.5. The minimum atomic E-state index is -0.821. The number of halogens is 1. The van der Waals surface area contributed by atoms with Crippen molar-refractivity contribution in [3.63, 3.8) is 0 Å². The molecular formula is C17H22FNO3. The molecule has 0 spiro atoms. The quantitative estimate of drug-likeness (QED) is 0.870. The summed E-state index contributed by atoms with van der Waals surface area (Å²) in [7, 11) is 0. The predicted molar refractivity (Wildman–Crippen MR) is 80.8 cm³/mol. The van der Waals surface area contributed by atoms with E-state index in [2.05, 4.69) is 19.2 Å². The highest BCUT2D eigenvalue weighted by Gasteiger charge is 2.28. The molecule has 120 valence electrons. The van der Waals surface area contributed by atoms with Gasteiger partial charge in [-0.2, -0.15) is 0 Å². The van der Waals surface area contributed by atoms with Crippen molar-refractivity contribution in [1.29, 1.82) is 0 Å². The van der Waals surface area contributed by atoms with E-state index >= 15 is 0 Å². The van der Waals surface area contributed by atoms with Gasteiger partial charge in [0.05, 0.1) is 5.56 Å². The first kappa shape index (κ1) is 16.5. The van der Waals surface area contributed by atoms with Gasteiger partial charge in [-0.05, 0) is 30.4 Å². The predicted octanol–water partition coefficient (Wildman–Crippen LogP) is 2.92. The number of ether oxygens (including phenoxy) is 1. The van der Waals surface area contributed by atoms with E-state index in [9.17, 15) is 14.0 Å². The van der Waals surface area contributed by atoms with Gasteiger partial charge >= 0.3 is 5.97 Å². The lowest BCUT2D eigenvalue weighted by Crippen LogP contribution is -2.45. The van der Waals surface area contributed by atoms with Gasteiger partial charge in [-0.1, -0.05) is 38.8 Å². The SMILES string of the molecule is C[C@H]1[C@H](C)CCC[C@@H]1NC(=O)COC(=O)c1ccccc1F. The molecule has 1 saturated carbocycles.